The van der Waals surface area contributed by atoms with E-state index in [0.717, 1.165) is 76.9 Å². The smallest absolute Gasteiger partial charge is 0.0991 e. The van der Waals surface area contributed by atoms with E-state index >= 15 is 0 Å². The van der Waals surface area contributed by atoms with E-state index in [1.165, 1.54) is 24.3 Å². The van der Waals surface area contributed by atoms with Crippen molar-refractivity contribution in [3.8, 4) is 95.6 Å². The van der Waals surface area contributed by atoms with Crippen molar-refractivity contribution in [2.45, 2.75) is 13.8 Å². The summed E-state index contributed by atoms with van der Waals surface area (Å²) in [6.07, 6.45) is 0. The fourth-order valence-electron chi connectivity index (χ4n) is 14.7. The summed E-state index contributed by atoms with van der Waals surface area (Å²) in [5, 5.41) is 16.5. The van der Waals surface area contributed by atoms with E-state index in [1.807, 2.05) is 117 Å². The predicted octanol–water partition coefficient (Wildman–Crippen LogP) is 26.3. The van der Waals surface area contributed by atoms with E-state index in [9.17, 15) is 16.2 Å². The van der Waals surface area contributed by atoms with Crippen molar-refractivity contribution in [3.05, 3.63) is 386 Å². The molecule has 20 aromatic rings. The van der Waals surface area contributed by atoms with Crippen LogP contribution in [0.4, 0.5) is 0 Å². The molecular formula is C99H67N5. The van der Waals surface area contributed by atoms with E-state index in [4.69, 9.17) is 30.2 Å². The molecule has 5 heteroatoms. The highest BCUT2D eigenvalue weighted by atomic mass is 15.0. The molecule has 0 unspecified atom stereocenters. The van der Waals surface area contributed by atoms with Gasteiger partial charge in [-0.2, -0.15) is 5.26 Å². The molecule has 0 aliphatic heterocycles. The second-order valence-corrected chi connectivity index (χ2v) is 25.0. The van der Waals surface area contributed by atoms with Gasteiger partial charge in [0.25, 0.3) is 0 Å². The first kappa shape index (κ1) is 37.6. The lowest BCUT2D eigenvalue weighted by Crippen LogP contribution is -2.02. The largest absolute Gasteiger partial charge is 0.309 e. The molecule has 4 heterocycles. The molecule has 0 aliphatic rings. The highest BCUT2D eigenvalue weighted by Crippen LogP contribution is 2.48. The number of aromatic nitrogens is 4. The van der Waals surface area contributed by atoms with E-state index < -0.39 is 181 Å². The average Bonchev–Trinajstić information content (AvgIpc) is 1.50. The maximum absolute atomic E-state index is 9.77. The fourth-order valence-corrected chi connectivity index (χ4v) is 14.7. The van der Waals surface area contributed by atoms with Crippen LogP contribution in [-0.2, 0) is 0 Å². The van der Waals surface area contributed by atoms with Crippen molar-refractivity contribution in [1.29, 1.82) is 5.26 Å². The number of para-hydroxylation sites is 3. The van der Waals surface area contributed by atoms with Gasteiger partial charge in [0, 0.05) is 76.7 Å². The number of aryl methyl sites for hydroxylation is 2. The summed E-state index contributed by atoms with van der Waals surface area (Å²) in [7, 11) is 0. The van der Waals surface area contributed by atoms with Crippen LogP contribution >= 0.6 is 0 Å². The summed E-state index contributed by atoms with van der Waals surface area (Å²) in [5.74, 6) is 0. The number of fused-ring (bicyclic) bond motifs is 12. The Hall–Kier alpha value is -13.8. The van der Waals surface area contributed by atoms with Crippen LogP contribution in [0.25, 0.3) is 177 Å². The molecule has 5 nitrogen and oxygen atoms in total. The molecule has 104 heavy (non-hydrogen) atoms. The molecule has 4 aromatic heterocycles. The Kier molecular flexibility index (Phi) is 9.19. The monoisotopic (exact) mass is 1360 g/mol. The third-order valence-electron chi connectivity index (χ3n) is 19.0. The van der Waals surface area contributed by atoms with Crippen LogP contribution in [0.5, 0.6) is 0 Å². The zero-order chi connectivity index (χ0) is 95.5. The molecule has 0 saturated heterocycles. The van der Waals surface area contributed by atoms with Crippen LogP contribution in [0.1, 0.15) is 57.8 Å². The van der Waals surface area contributed by atoms with Gasteiger partial charge in [0.05, 0.1) is 108 Å². The molecule has 0 amide bonds. The fraction of sp³-hybridized carbons (Fsp3) is 0.0202. The number of hydrogen-bond acceptors (Lipinski definition) is 1. The van der Waals surface area contributed by atoms with Gasteiger partial charge < -0.3 is 18.3 Å². The zero-order valence-electron chi connectivity index (χ0n) is 85.1. The van der Waals surface area contributed by atoms with Crippen LogP contribution in [0.2, 0.25) is 0 Å². The van der Waals surface area contributed by atoms with Gasteiger partial charge in [0.2, 0.25) is 0 Å². The molecule has 0 spiro atoms. The summed E-state index contributed by atoms with van der Waals surface area (Å²) < 4.78 is 273. The minimum absolute atomic E-state index is 0.0213. The van der Waals surface area contributed by atoms with Crippen LogP contribution in [0.3, 0.4) is 0 Å². The van der Waals surface area contributed by atoms with Crippen molar-refractivity contribution in [1.82, 2.24) is 18.3 Å². The standard InChI is InChI=1S/C50H36N2.C49H31N3/c1-33-22-25-47-43(28-33)44-29-34(2)23-26-48(44)51(47)39-24-27-49-45(32-39)40-20-12-13-21-46(40)52(49)50-41(36-16-8-4-9-17-36)30-38(35-14-6-3-7-15-35)31-42(50)37-18-10-5-11-19-37;50-32-33-24-26-47-43(28-33)39-20-10-12-22-45(39)51(47)38-25-27-48-44(31-38)40-21-11-13-23-46(40)52(48)49-41(35-16-6-2-7-17-35)29-37(34-14-4-1-5-15-34)30-42(49)36-18-8-3-9-19-36/h3-32H,1-2H3;1-31H/i3D,4D,5D,6D,7D,8D,9D,10D,11D,14D,15D,16D,17D,18D,19D;1D,2D,3D,4D,5D,6D,7D,8D,9D,14D,15D,16D,17D,18D,19D. The molecule has 0 atom stereocenters. The van der Waals surface area contributed by atoms with Crippen LogP contribution in [0.15, 0.2) is 369 Å². The molecule has 0 fully saturated rings. The molecule has 488 valence electrons. The van der Waals surface area contributed by atoms with Gasteiger partial charge in [0.15, 0.2) is 0 Å². The first-order valence-electron chi connectivity index (χ1n) is 48.1. The Morgan fingerprint density at radius 2 is 0.510 bits per heavy atom. The normalized spacial score (nSPS) is 15.6. The Morgan fingerprint density at radius 3 is 0.856 bits per heavy atom. The highest BCUT2D eigenvalue weighted by Gasteiger charge is 2.26. The van der Waals surface area contributed by atoms with Gasteiger partial charge in [-0.1, -0.05) is 259 Å². The molecule has 0 N–H and O–H groups in total. The third kappa shape index (κ3) is 10.4. The van der Waals surface area contributed by atoms with Crippen molar-refractivity contribution < 1.29 is 41.1 Å². The van der Waals surface area contributed by atoms with E-state index in [1.54, 1.807) is 33.4 Å². The summed E-state index contributed by atoms with van der Waals surface area (Å²) >= 11 is 0. The quantitative estimate of drug-likeness (QED) is 0.135. The first-order valence-corrected chi connectivity index (χ1v) is 33.1. The minimum Gasteiger partial charge on any atom is -0.309 e. The summed E-state index contributed by atoms with van der Waals surface area (Å²) in [6, 6.07) is 39.9. The van der Waals surface area contributed by atoms with Crippen LogP contribution in [-0.4, -0.2) is 18.3 Å². The van der Waals surface area contributed by atoms with Crippen molar-refractivity contribution in [2.24, 2.45) is 0 Å². The van der Waals surface area contributed by atoms with E-state index in [2.05, 4.69) is 51.6 Å². The molecule has 20 rings (SSSR count). The predicted molar refractivity (Wildman–Crippen MR) is 437 cm³/mol. The summed E-state index contributed by atoms with van der Waals surface area (Å²) in [5.41, 5.74) is 7.41. The van der Waals surface area contributed by atoms with Gasteiger partial charge in [-0.25, -0.2) is 0 Å². The molecular weight excluding hydrogens is 1260 g/mol. The second kappa shape index (κ2) is 25.4. The molecule has 16 aromatic carbocycles. The number of hydrogen-bond donors (Lipinski definition) is 0. The van der Waals surface area contributed by atoms with E-state index in [0.29, 0.717) is 38.4 Å². The summed E-state index contributed by atoms with van der Waals surface area (Å²) in [4.78, 5) is 0. The van der Waals surface area contributed by atoms with Gasteiger partial charge in [-0.05, 0) is 180 Å². The topological polar surface area (TPSA) is 43.5 Å². The minimum atomic E-state index is -0.695. The number of nitriles is 1. The van der Waals surface area contributed by atoms with Crippen molar-refractivity contribution in [2.75, 3.05) is 0 Å². The van der Waals surface area contributed by atoms with Crippen LogP contribution < -0.4 is 0 Å². The lowest BCUT2D eigenvalue weighted by Gasteiger charge is -2.21. The van der Waals surface area contributed by atoms with Crippen molar-refractivity contribution >= 4 is 87.2 Å². The highest BCUT2D eigenvalue weighted by molar-refractivity contribution is 6.16. The van der Waals surface area contributed by atoms with Crippen molar-refractivity contribution in [3.63, 3.8) is 0 Å². The Labute approximate surface area is 645 Å². The molecule has 0 radical (unpaired) electrons. The van der Waals surface area contributed by atoms with Gasteiger partial charge in [-0.15, -0.1) is 0 Å². The SMILES string of the molecule is [2H]c1c([2H])c([2H])c(-c2cc(-c3c([2H])c([2H])c([2H])c([2H])c3[2H])c(-n3c4ccccc4c4cc(-n5c6ccc(C)cc6c6cc(C)ccc65)ccc43)c(-c3c([2H])c([2H])c([2H])c([2H])c3[2H])c2)c([2H])c1[2H].[2H]c1c([2H])c([2H])c(-c2cc(-c3c([2H])c([2H])c([2H])c([2H])c3[2H])c(-n3c4ccccc4c4cc(-n5c6ccccc6c6cc(C#N)ccc65)ccc43)c(-c3c([2H])c([2H])c([2H])c([2H])c3[2H])c2)c([2H])c1[2H]. The number of rotatable bonds is 10. The Balaban J connectivity index is 0.000000172. The lowest BCUT2D eigenvalue weighted by molar-refractivity contribution is 1.17. The molecule has 0 saturated carbocycles. The maximum Gasteiger partial charge on any atom is 0.0991 e. The van der Waals surface area contributed by atoms with Gasteiger partial charge in [0.1, 0.15) is 0 Å². The summed E-state index contributed by atoms with van der Waals surface area (Å²) in [6.45, 7) is 4.10. The molecule has 0 bridgehead atoms. The zero-order valence-corrected chi connectivity index (χ0v) is 55.1. The van der Waals surface area contributed by atoms with Crippen LogP contribution in [0, 0.1) is 25.2 Å². The molecule has 0 aliphatic carbocycles. The van der Waals surface area contributed by atoms with Gasteiger partial charge >= 0.3 is 0 Å². The maximum atomic E-state index is 9.77. The van der Waals surface area contributed by atoms with E-state index in [-0.39, 0.29) is 78.1 Å². The second-order valence-electron chi connectivity index (χ2n) is 25.0. The Morgan fingerprint density at radius 1 is 0.240 bits per heavy atom. The Bertz CT molecular complexity index is 8340. The first-order chi connectivity index (χ1) is 63.8. The number of benzene rings is 16. The average molecular weight is 1360 g/mol. The third-order valence-corrected chi connectivity index (χ3v) is 19.0. The number of nitrogens with zero attached hydrogens (tertiary/aromatic N) is 5. The lowest BCUT2D eigenvalue weighted by atomic mass is 9.90. The van der Waals surface area contributed by atoms with Gasteiger partial charge in [-0.3, -0.25) is 0 Å².